The number of hydrogen-bond acceptors (Lipinski definition) is 4. The number of nitrogens with zero attached hydrogens (tertiary/aromatic N) is 2. The number of anilines is 3. The molecular weight excluding hydrogens is 412 g/mol. The fourth-order valence-electron chi connectivity index (χ4n) is 4.85. The molecule has 0 unspecified atom stereocenters. The van der Waals surface area contributed by atoms with E-state index in [-0.39, 0.29) is 11.5 Å². The number of carbonyl (C=O) groups is 1. The molecule has 5 rings (SSSR count). The van der Waals surface area contributed by atoms with Crippen LogP contribution in [0.3, 0.4) is 0 Å². The number of nitrogens with one attached hydrogen (secondary N) is 3. The second kappa shape index (κ2) is 7.93. The maximum Gasteiger partial charge on any atom is 0.264 e. The number of halogens is 2. The summed E-state index contributed by atoms with van der Waals surface area (Å²) in [5.74, 6) is -0.168. The normalized spacial score (nSPS) is 14.8. The molecule has 0 atom stereocenters. The zero-order valence-electron chi connectivity index (χ0n) is 18.1. The average Bonchev–Trinajstić information content (AvgIpc) is 3.45. The van der Waals surface area contributed by atoms with Crippen LogP contribution in [0, 0.1) is 6.92 Å². The van der Waals surface area contributed by atoms with Gasteiger partial charge in [-0.1, -0.05) is 0 Å². The third-order valence-corrected chi connectivity index (χ3v) is 6.42. The summed E-state index contributed by atoms with van der Waals surface area (Å²) in [5, 5.41) is 12.9. The average molecular weight is 437 g/mol. The molecule has 8 heteroatoms. The molecule has 6 nitrogen and oxygen atoms in total. The van der Waals surface area contributed by atoms with Crippen molar-refractivity contribution in [2.45, 2.75) is 32.6 Å². The Labute approximate surface area is 185 Å². The maximum absolute atomic E-state index is 14.2. The van der Waals surface area contributed by atoms with Gasteiger partial charge in [-0.15, -0.1) is 0 Å². The van der Waals surface area contributed by atoms with Crippen molar-refractivity contribution in [1.82, 2.24) is 15.5 Å². The molecule has 0 bridgehead atoms. The lowest BCUT2D eigenvalue weighted by Crippen LogP contribution is -2.26. The predicted molar refractivity (Wildman–Crippen MR) is 121 cm³/mol. The summed E-state index contributed by atoms with van der Waals surface area (Å²) in [6.45, 7) is 3.34. The molecule has 0 radical (unpaired) electrons. The van der Waals surface area contributed by atoms with Gasteiger partial charge >= 0.3 is 0 Å². The summed E-state index contributed by atoms with van der Waals surface area (Å²) >= 11 is 0. The highest BCUT2D eigenvalue weighted by molar-refractivity contribution is 5.97. The number of hydrogen-bond donors (Lipinski definition) is 3. The van der Waals surface area contributed by atoms with Gasteiger partial charge in [-0.3, -0.25) is 9.89 Å². The van der Waals surface area contributed by atoms with Gasteiger partial charge in [0.25, 0.3) is 12.3 Å². The van der Waals surface area contributed by atoms with Crippen LogP contribution in [0.15, 0.2) is 30.5 Å². The maximum atomic E-state index is 14.2. The summed E-state index contributed by atoms with van der Waals surface area (Å²) in [6.07, 6.45) is 1.54. The largest absolute Gasteiger partial charge is 0.384 e. The minimum atomic E-state index is -2.61. The molecule has 0 aliphatic carbocycles. The van der Waals surface area contributed by atoms with Crippen molar-refractivity contribution in [1.29, 1.82) is 0 Å². The fourth-order valence-corrected chi connectivity index (χ4v) is 4.85. The number of carbonyl (C=O) groups excluding carboxylic acids is 1. The molecule has 0 fully saturated rings. The van der Waals surface area contributed by atoms with Gasteiger partial charge in [0.1, 0.15) is 0 Å². The molecule has 1 aromatic heterocycles. The van der Waals surface area contributed by atoms with Crippen molar-refractivity contribution >= 4 is 23.0 Å². The first-order valence-corrected chi connectivity index (χ1v) is 10.8. The van der Waals surface area contributed by atoms with Crippen molar-refractivity contribution in [2.24, 2.45) is 0 Å². The van der Waals surface area contributed by atoms with Gasteiger partial charge in [0.2, 0.25) is 0 Å². The lowest BCUT2D eigenvalue weighted by Gasteiger charge is -2.34. The zero-order valence-corrected chi connectivity index (χ0v) is 18.1. The third kappa shape index (κ3) is 3.30. The molecule has 3 N–H and O–H groups in total. The molecule has 3 aromatic rings. The highest BCUT2D eigenvalue weighted by Crippen LogP contribution is 2.44. The topological polar surface area (TPSA) is 73.0 Å². The quantitative estimate of drug-likeness (QED) is 0.552. The Morgan fingerprint density at radius 1 is 1.16 bits per heavy atom. The van der Waals surface area contributed by atoms with E-state index in [4.69, 9.17) is 0 Å². The molecule has 2 aliphatic rings. The van der Waals surface area contributed by atoms with E-state index in [0.29, 0.717) is 23.2 Å². The Kier molecular flexibility index (Phi) is 5.07. The molecular formula is C24H25F2N5O. The Balaban J connectivity index is 1.68. The molecule has 166 valence electrons. The van der Waals surface area contributed by atoms with Crippen molar-refractivity contribution in [3.63, 3.8) is 0 Å². The van der Waals surface area contributed by atoms with Crippen LogP contribution in [0.1, 0.15) is 45.6 Å². The molecule has 32 heavy (non-hydrogen) atoms. The van der Waals surface area contributed by atoms with Crippen molar-refractivity contribution in [3.05, 3.63) is 58.4 Å². The van der Waals surface area contributed by atoms with Gasteiger partial charge < -0.3 is 15.5 Å². The zero-order chi connectivity index (χ0) is 22.4. The van der Waals surface area contributed by atoms with E-state index in [9.17, 15) is 13.6 Å². The molecule has 0 saturated carbocycles. The lowest BCUT2D eigenvalue weighted by molar-refractivity contribution is 0.0963. The SMILES string of the molecule is CNC(=O)c1cc2c(c(N3CCCc4cc(-c5cn[nH]c5C)c(C(F)F)cc43)c1)CCN2. The van der Waals surface area contributed by atoms with Crippen LogP contribution in [0.2, 0.25) is 0 Å². The Morgan fingerprint density at radius 2 is 2.00 bits per heavy atom. The summed E-state index contributed by atoms with van der Waals surface area (Å²) in [6, 6.07) is 7.27. The van der Waals surface area contributed by atoms with Crippen LogP contribution in [0.25, 0.3) is 11.1 Å². The van der Waals surface area contributed by atoms with E-state index >= 15 is 0 Å². The number of H-pyrrole nitrogens is 1. The van der Waals surface area contributed by atoms with Crippen LogP contribution < -0.4 is 15.5 Å². The summed E-state index contributed by atoms with van der Waals surface area (Å²) in [7, 11) is 1.60. The molecule has 3 heterocycles. The minimum Gasteiger partial charge on any atom is -0.384 e. The van der Waals surface area contributed by atoms with Gasteiger partial charge in [0.05, 0.1) is 6.20 Å². The second-order valence-electron chi connectivity index (χ2n) is 8.31. The molecule has 0 saturated heterocycles. The number of benzene rings is 2. The van der Waals surface area contributed by atoms with Crippen molar-refractivity contribution in [3.8, 4) is 11.1 Å². The first kappa shape index (κ1) is 20.5. The number of fused-ring (bicyclic) bond motifs is 2. The summed E-state index contributed by atoms with van der Waals surface area (Å²) in [5.41, 5.74) is 7.35. The van der Waals surface area contributed by atoms with Crippen LogP contribution in [-0.4, -0.2) is 36.2 Å². The van der Waals surface area contributed by atoms with Crippen molar-refractivity contribution in [2.75, 3.05) is 30.4 Å². The van der Waals surface area contributed by atoms with E-state index in [1.807, 2.05) is 25.1 Å². The smallest absolute Gasteiger partial charge is 0.264 e. The first-order chi connectivity index (χ1) is 15.5. The monoisotopic (exact) mass is 437 g/mol. The number of aryl methyl sites for hydroxylation is 2. The Hall–Kier alpha value is -3.42. The molecule has 2 aromatic carbocycles. The Bertz CT molecular complexity index is 1200. The summed E-state index contributed by atoms with van der Waals surface area (Å²) in [4.78, 5) is 14.5. The first-order valence-electron chi connectivity index (χ1n) is 10.8. The fraction of sp³-hybridized carbons (Fsp3) is 0.333. The number of rotatable bonds is 4. The van der Waals surface area contributed by atoms with E-state index in [1.165, 1.54) is 0 Å². The van der Waals surface area contributed by atoms with Crippen molar-refractivity contribution < 1.29 is 13.6 Å². The molecule has 1 amide bonds. The van der Waals surface area contributed by atoms with E-state index in [1.54, 1.807) is 19.3 Å². The minimum absolute atomic E-state index is 0.00243. The van der Waals surface area contributed by atoms with Gasteiger partial charge in [0.15, 0.2) is 0 Å². The highest BCUT2D eigenvalue weighted by atomic mass is 19.3. The second-order valence-corrected chi connectivity index (χ2v) is 8.31. The number of alkyl halides is 2. The number of amides is 1. The van der Waals surface area contributed by atoms with Crippen LogP contribution >= 0.6 is 0 Å². The van der Waals surface area contributed by atoms with Crippen LogP contribution in [0.4, 0.5) is 25.8 Å². The van der Waals surface area contributed by atoms with E-state index in [2.05, 4.69) is 25.7 Å². The highest BCUT2D eigenvalue weighted by Gasteiger charge is 2.28. The Morgan fingerprint density at radius 3 is 2.72 bits per heavy atom. The third-order valence-electron chi connectivity index (χ3n) is 6.42. The van der Waals surface area contributed by atoms with Gasteiger partial charge in [-0.2, -0.15) is 5.10 Å². The van der Waals surface area contributed by atoms with Crippen LogP contribution in [-0.2, 0) is 12.8 Å². The number of aromatic nitrogens is 2. The van der Waals surface area contributed by atoms with E-state index < -0.39 is 6.43 Å². The van der Waals surface area contributed by atoms with E-state index in [0.717, 1.165) is 59.7 Å². The molecule has 0 spiro atoms. The standard InChI is InChI=1S/C24H25F2N5O/c1-13-19(12-29-30-13)17-8-14-4-3-7-31(21(14)11-18(17)23(25)26)22-10-15(24(32)27-2)9-20-16(22)5-6-28-20/h8-12,23,28H,3-7H2,1-2H3,(H,27,32)(H,29,30). The van der Waals surface area contributed by atoms with Crippen LogP contribution in [0.5, 0.6) is 0 Å². The predicted octanol–water partition coefficient (Wildman–Crippen LogP) is 4.73. The van der Waals surface area contributed by atoms with Gasteiger partial charge in [-0.05, 0) is 61.6 Å². The lowest BCUT2D eigenvalue weighted by atomic mass is 9.91. The van der Waals surface area contributed by atoms with Gasteiger partial charge in [-0.25, -0.2) is 8.78 Å². The number of aromatic amines is 1. The van der Waals surface area contributed by atoms with Gasteiger partial charge in [0, 0.05) is 65.1 Å². The summed E-state index contributed by atoms with van der Waals surface area (Å²) < 4.78 is 28.3. The molecule has 2 aliphatic heterocycles.